The number of carbonyl (C=O) groups excluding carboxylic acids is 1. The fourth-order valence-corrected chi connectivity index (χ4v) is 3.06. The van der Waals surface area contributed by atoms with E-state index < -0.39 is 17.3 Å². The Labute approximate surface area is 166 Å². The lowest BCUT2D eigenvalue weighted by Gasteiger charge is -2.12. The standard InChI is InChI=1S/C18H15BrFN5O3/c1-9-4-14(9)28-16-13-5-10(19)2-3-12(13)17(27)25(24-16)8-15(26)23-18-21-6-11(20)7-22-18/h2-3,5-7,9,14H,4,8H2,1H3,(H,21,22,23,26)/t9-,14-/m1/s1. The smallest absolute Gasteiger partial charge is 0.275 e. The van der Waals surface area contributed by atoms with Gasteiger partial charge in [0, 0.05) is 4.47 Å². The highest BCUT2D eigenvalue weighted by atomic mass is 79.9. The van der Waals surface area contributed by atoms with Crippen LogP contribution in [0, 0.1) is 11.7 Å². The van der Waals surface area contributed by atoms with E-state index in [-0.39, 0.29) is 18.6 Å². The van der Waals surface area contributed by atoms with E-state index in [0.29, 0.717) is 22.6 Å². The highest BCUT2D eigenvalue weighted by Gasteiger charge is 2.36. The van der Waals surface area contributed by atoms with E-state index in [0.717, 1.165) is 28.0 Å². The van der Waals surface area contributed by atoms with Crippen molar-refractivity contribution >= 4 is 38.6 Å². The molecule has 3 aromatic rings. The van der Waals surface area contributed by atoms with Crippen LogP contribution in [0.3, 0.4) is 0 Å². The van der Waals surface area contributed by atoms with Crippen LogP contribution in [0.25, 0.3) is 10.8 Å². The van der Waals surface area contributed by atoms with E-state index in [1.165, 1.54) is 0 Å². The van der Waals surface area contributed by atoms with Crippen LogP contribution in [-0.4, -0.2) is 31.8 Å². The summed E-state index contributed by atoms with van der Waals surface area (Å²) in [5.74, 6) is -0.525. The molecule has 1 saturated carbocycles. The Morgan fingerprint density at radius 2 is 2.07 bits per heavy atom. The second-order valence-corrected chi connectivity index (χ2v) is 7.52. The number of rotatable bonds is 5. The molecule has 1 aliphatic carbocycles. The van der Waals surface area contributed by atoms with E-state index in [1.807, 2.05) is 0 Å². The van der Waals surface area contributed by atoms with Crippen LogP contribution in [0.4, 0.5) is 10.3 Å². The number of nitrogens with zero attached hydrogens (tertiary/aromatic N) is 4. The molecule has 8 nitrogen and oxygen atoms in total. The minimum Gasteiger partial charge on any atom is -0.473 e. The van der Waals surface area contributed by atoms with Crippen LogP contribution in [0.15, 0.2) is 39.9 Å². The molecule has 28 heavy (non-hydrogen) atoms. The predicted molar refractivity (Wildman–Crippen MR) is 103 cm³/mol. The molecule has 2 atom stereocenters. The average molecular weight is 448 g/mol. The third-order valence-corrected chi connectivity index (χ3v) is 4.85. The SMILES string of the molecule is C[C@@H]1C[C@H]1Oc1nn(CC(=O)Nc2ncc(F)cn2)c(=O)c2ccc(Br)cc12. The molecule has 1 N–H and O–H groups in total. The maximum Gasteiger partial charge on any atom is 0.275 e. The highest BCUT2D eigenvalue weighted by molar-refractivity contribution is 9.10. The largest absolute Gasteiger partial charge is 0.473 e. The number of halogens is 2. The molecule has 144 valence electrons. The van der Waals surface area contributed by atoms with Crippen molar-refractivity contribution in [2.45, 2.75) is 26.0 Å². The van der Waals surface area contributed by atoms with Crippen LogP contribution in [0.1, 0.15) is 13.3 Å². The molecule has 2 aromatic heterocycles. The summed E-state index contributed by atoms with van der Waals surface area (Å²) in [4.78, 5) is 32.4. The Hall–Kier alpha value is -2.88. The molecule has 1 amide bonds. The fraction of sp³-hybridized carbons (Fsp3) is 0.278. The molecular formula is C18H15BrFN5O3. The molecule has 0 aliphatic heterocycles. The monoisotopic (exact) mass is 447 g/mol. The number of hydrogen-bond donors (Lipinski definition) is 1. The van der Waals surface area contributed by atoms with E-state index in [2.05, 4.69) is 43.2 Å². The third kappa shape index (κ3) is 3.86. The number of aromatic nitrogens is 4. The van der Waals surface area contributed by atoms with E-state index in [9.17, 15) is 14.0 Å². The third-order valence-electron chi connectivity index (χ3n) is 4.35. The quantitative estimate of drug-likeness (QED) is 0.644. The minimum atomic E-state index is -0.618. The molecule has 2 heterocycles. The lowest BCUT2D eigenvalue weighted by molar-refractivity contribution is -0.117. The Bertz CT molecular complexity index is 1120. The van der Waals surface area contributed by atoms with Gasteiger partial charge in [-0.3, -0.25) is 14.9 Å². The maximum atomic E-state index is 12.9. The first-order chi connectivity index (χ1) is 13.4. The predicted octanol–water partition coefficient (Wildman–Crippen LogP) is 2.51. The second-order valence-electron chi connectivity index (χ2n) is 6.60. The van der Waals surface area contributed by atoms with Crippen molar-refractivity contribution < 1.29 is 13.9 Å². The lowest BCUT2D eigenvalue weighted by Crippen LogP contribution is -2.30. The van der Waals surface area contributed by atoms with Crippen molar-refractivity contribution in [3.05, 3.63) is 51.2 Å². The first kappa shape index (κ1) is 18.5. The Balaban J connectivity index is 1.65. The number of fused-ring (bicyclic) bond motifs is 1. The van der Waals surface area contributed by atoms with Gasteiger partial charge in [-0.05, 0) is 30.5 Å². The van der Waals surface area contributed by atoms with E-state index in [1.54, 1.807) is 18.2 Å². The first-order valence-corrected chi connectivity index (χ1v) is 9.34. The van der Waals surface area contributed by atoms with Crippen LogP contribution in [-0.2, 0) is 11.3 Å². The molecule has 0 saturated heterocycles. The first-order valence-electron chi connectivity index (χ1n) is 8.55. The zero-order valence-corrected chi connectivity index (χ0v) is 16.3. The molecule has 1 fully saturated rings. The Kier molecular flexibility index (Phi) is 4.80. The van der Waals surface area contributed by atoms with Crippen LogP contribution >= 0.6 is 15.9 Å². The van der Waals surface area contributed by atoms with Gasteiger partial charge >= 0.3 is 0 Å². The summed E-state index contributed by atoms with van der Waals surface area (Å²) in [7, 11) is 0. The van der Waals surface area contributed by atoms with E-state index >= 15 is 0 Å². The molecule has 4 rings (SSSR count). The van der Waals surface area contributed by atoms with Gasteiger partial charge in [-0.15, -0.1) is 5.10 Å². The fourth-order valence-electron chi connectivity index (χ4n) is 2.69. The van der Waals surface area contributed by atoms with Gasteiger partial charge in [0.15, 0.2) is 5.82 Å². The summed E-state index contributed by atoms with van der Waals surface area (Å²) in [5.41, 5.74) is -0.422. The molecule has 1 aromatic carbocycles. The summed E-state index contributed by atoms with van der Waals surface area (Å²) in [5, 5.41) is 7.63. The van der Waals surface area contributed by atoms with E-state index in [4.69, 9.17) is 4.74 Å². The number of anilines is 1. The number of benzene rings is 1. The minimum absolute atomic E-state index is 0.0436. The molecule has 10 heteroatoms. The summed E-state index contributed by atoms with van der Waals surface area (Å²) < 4.78 is 20.6. The van der Waals surface area contributed by atoms with Gasteiger partial charge in [0.05, 0.1) is 23.2 Å². The second kappa shape index (κ2) is 7.27. The molecule has 0 unspecified atom stereocenters. The van der Waals surface area contributed by atoms with Crippen molar-refractivity contribution in [3.63, 3.8) is 0 Å². The van der Waals surface area contributed by atoms with Gasteiger partial charge in [0.1, 0.15) is 12.6 Å². The van der Waals surface area contributed by atoms with Crippen LogP contribution in [0.2, 0.25) is 0 Å². The number of hydrogen-bond acceptors (Lipinski definition) is 6. The Morgan fingerprint density at radius 3 is 2.75 bits per heavy atom. The summed E-state index contributed by atoms with van der Waals surface area (Å²) >= 11 is 3.39. The summed E-state index contributed by atoms with van der Waals surface area (Å²) in [6, 6.07) is 5.16. The van der Waals surface area contributed by atoms with Crippen LogP contribution < -0.4 is 15.6 Å². The van der Waals surface area contributed by atoms with Gasteiger partial charge in [0.2, 0.25) is 17.7 Å². The number of amides is 1. The van der Waals surface area contributed by atoms with Crippen molar-refractivity contribution in [1.29, 1.82) is 0 Å². The normalized spacial score (nSPS) is 18.1. The van der Waals surface area contributed by atoms with Crippen molar-refractivity contribution in [2.24, 2.45) is 5.92 Å². The van der Waals surface area contributed by atoms with Crippen LogP contribution in [0.5, 0.6) is 5.88 Å². The Morgan fingerprint density at radius 1 is 1.36 bits per heavy atom. The van der Waals surface area contributed by atoms with Gasteiger partial charge in [0.25, 0.3) is 5.56 Å². The van der Waals surface area contributed by atoms with Gasteiger partial charge in [-0.2, -0.15) is 0 Å². The number of carbonyl (C=O) groups is 1. The maximum absolute atomic E-state index is 12.9. The average Bonchev–Trinajstić information content (AvgIpc) is 3.35. The number of ether oxygens (including phenoxy) is 1. The summed E-state index contributed by atoms with van der Waals surface area (Å²) in [6.45, 7) is 1.71. The molecule has 0 spiro atoms. The van der Waals surface area contributed by atoms with Gasteiger partial charge in [-0.1, -0.05) is 22.9 Å². The number of nitrogens with one attached hydrogen (secondary N) is 1. The molecule has 0 radical (unpaired) electrons. The van der Waals surface area contributed by atoms with Gasteiger partial charge < -0.3 is 4.74 Å². The zero-order valence-electron chi connectivity index (χ0n) is 14.7. The van der Waals surface area contributed by atoms with Gasteiger partial charge in [-0.25, -0.2) is 19.0 Å². The highest BCUT2D eigenvalue weighted by Crippen LogP contribution is 2.35. The van der Waals surface area contributed by atoms with Crippen molar-refractivity contribution in [1.82, 2.24) is 19.7 Å². The molecule has 1 aliphatic rings. The van der Waals surface area contributed by atoms with Crippen molar-refractivity contribution in [3.8, 4) is 5.88 Å². The van der Waals surface area contributed by atoms with Crippen molar-refractivity contribution in [2.75, 3.05) is 5.32 Å². The molecule has 0 bridgehead atoms. The zero-order chi connectivity index (χ0) is 19.8. The topological polar surface area (TPSA) is 99.0 Å². The summed E-state index contributed by atoms with van der Waals surface area (Å²) in [6.07, 6.45) is 2.83. The lowest BCUT2D eigenvalue weighted by atomic mass is 10.2. The molecular weight excluding hydrogens is 433 g/mol.